The Morgan fingerprint density at radius 3 is 2.83 bits per heavy atom. The van der Waals surface area contributed by atoms with Crippen molar-refractivity contribution in [3.8, 4) is 0 Å². The van der Waals surface area contributed by atoms with Gasteiger partial charge in [-0.2, -0.15) is 0 Å². The van der Waals surface area contributed by atoms with E-state index < -0.39 is 9.84 Å². The molecule has 0 amide bonds. The predicted octanol–water partition coefficient (Wildman–Crippen LogP) is 1.98. The second kappa shape index (κ2) is 10.3. The van der Waals surface area contributed by atoms with E-state index in [1.165, 1.54) is 6.26 Å². The van der Waals surface area contributed by atoms with Crippen molar-refractivity contribution in [2.45, 2.75) is 45.6 Å². The summed E-state index contributed by atoms with van der Waals surface area (Å²) in [6.07, 6.45) is 6.38. The van der Waals surface area contributed by atoms with Crippen LogP contribution in [0.25, 0.3) is 0 Å². The van der Waals surface area contributed by atoms with Crippen LogP contribution in [0.15, 0.2) is 27.8 Å². The summed E-state index contributed by atoms with van der Waals surface area (Å²) in [4.78, 5) is 4.53. The van der Waals surface area contributed by atoms with Gasteiger partial charge in [-0.1, -0.05) is 13.3 Å². The summed E-state index contributed by atoms with van der Waals surface area (Å²) in [5, 5.41) is 6.55. The van der Waals surface area contributed by atoms with Crippen LogP contribution in [-0.2, 0) is 16.3 Å². The second-order valence-electron chi connectivity index (χ2n) is 5.80. The Balaban J connectivity index is 2.45. The first-order valence-electron chi connectivity index (χ1n) is 8.15. The number of furan rings is 1. The number of sulfone groups is 1. The Morgan fingerprint density at radius 1 is 1.43 bits per heavy atom. The molecule has 0 aliphatic carbocycles. The third-order valence-corrected chi connectivity index (χ3v) is 4.31. The highest BCUT2D eigenvalue weighted by Crippen LogP contribution is 2.00. The zero-order valence-electron chi connectivity index (χ0n) is 14.3. The molecule has 0 saturated heterocycles. The molecule has 1 atom stereocenters. The van der Waals surface area contributed by atoms with Crippen LogP contribution in [-0.4, -0.2) is 45.5 Å². The summed E-state index contributed by atoms with van der Waals surface area (Å²) in [5.41, 5.74) is 0. The fourth-order valence-electron chi connectivity index (χ4n) is 1.96. The van der Waals surface area contributed by atoms with Crippen LogP contribution in [0.5, 0.6) is 0 Å². The normalized spacial score (nSPS) is 13.8. The van der Waals surface area contributed by atoms with Gasteiger partial charge >= 0.3 is 0 Å². The topological polar surface area (TPSA) is 83.7 Å². The lowest BCUT2D eigenvalue weighted by Gasteiger charge is -2.18. The summed E-state index contributed by atoms with van der Waals surface area (Å²) in [6, 6.07) is 3.86. The van der Waals surface area contributed by atoms with E-state index in [2.05, 4.69) is 22.5 Å². The zero-order chi connectivity index (χ0) is 17.1. The van der Waals surface area contributed by atoms with Crippen molar-refractivity contribution in [3.05, 3.63) is 24.2 Å². The maximum absolute atomic E-state index is 11.3. The molecule has 7 heteroatoms. The van der Waals surface area contributed by atoms with Crippen LogP contribution in [0.1, 0.15) is 38.9 Å². The quantitative estimate of drug-likeness (QED) is 0.385. The Bertz CT molecular complexity index is 553. The van der Waals surface area contributed by atoms with Crippen molar-refractivity contribution in [2.75, 3.05) is 25.1 Å². The lowest BCUT2D eigenvalue weighted by molar-refractivity contribution is 0.506. The van der Waals surface area contributed by atoms with Gasteiger partial charge < -0.3 is 15.1 Å². The minimum atomic E-state index is -2.94. The van der Waals surface area contributed by atoms with E-state index in [1.54, 1.807) is 6.26 Å². The van der Waals surface area contributed by atoms with Crippen LogP contribution in [0.2, 0.25) is 0 Å². The Morgan fingerprint density at radius 2 is 2.22 bits per heavy atom. The first kappa shape index (κ1) is 19.5. The summed E-state index contributed by atoms with van der Waals surface area (Å²) in [5.74, 6) is 1.83. The molecule has 132 valence electrons. The number of rotatable bonds is 10. The molecule has 1 aromatic rings. The zero-order valence-corrected chi connectivity index (χ0v) is 15.2. The minimum absolute atomic E-state index is 0.0428. The molecule has 1 aromatic heterocycles. The maximum atomic E-state index is 11.3. The Labute approximate surface area is 139 Å². The van der Waals surface area contributed by atoms with Crippen molar-refractivity contribution >= 4 is 15.8 Å². The van der Waals surface area contributed by atoms with Gasteiger partial charge in [-0.3, -0.25) is 4.99 Å². The average Bonchev–Trinajstić information content (AvgIpc) is 2.98. The molecular formula is C16H29N3O3S. The molecule has 0 bridgehead atoms. The number of hydrogen-bond acceptors (Lipinski definition) is 4. The molecule has 0 aromatic carbocycles. The highest BCUT2D eigenvalue weighted by Gasteiger charge is 2.09. The average molecular weight is 343 g/mol. The van der Waals surface area contributed by atoms with Gasteiger partial charge in [-0.05, 0) is 31.9 Å². The molecule has 0 spiro atoms. The van der Waals surface area contributed by atoms with E-state index in [4.69, 9.17) is 4.42 Å². The predicted molar refractivity (Wildman–Crippen MR) is 94.6 cm³/mol. The van der Waals surface area contributed by atoms with Gasteiger partial charge in [0.1, 0.15) is 15.6 Å². The summed E-state index contributed by atoms with van der Waals surface area (Å²) in [7, 11) is -2.94. The van der Waals surface area contributed by atoms with E-state index in [0.29, 0.717) is 13.0 Å². The fraction of sp³-hybridized carbons (Fsp3) is 0.688. The maximum Gasteiger partial charge on any atom is 0.191 e. The molecule has 0 radical (unpaired) electrons. The van der Waals surface area contributed by atoms with Crippen molar-refractivity contribution in [3.63, 3.8) is 0 Å². The van der Waals surface area contributed by atoms with E-state index in [1.807, 2.05) is 19.1 Å². The molecule has 1 unspecified atom stereocenters. The third kappa shape index (κ3) is 9.99. The Hall–Kier alpha value is -1.50. The van der Waals surface area contributed by atoms with Crippen molar-refractivity contribution in [1.82, 2.24) is 10.6 Å². The summed E-state index contributed by atoms with van der Waals surface area (Å²) >= 11 is 0. The Kier molecular flexibility index (Phi) is 8.76. The first-order chi connectivity index (χ1) is 10.9. The SMILES string of the molecule is CCCCN=C(NCCc1ccco1)NC(C)CCS(C)(=O)=O. The largest absolute Gasteiger partial charge is 0.469 e. The monoisotopic (exact) mass is 343 g/mol. The van der Waals surface area contributed by atoms with Crippen LogP contribution in [0, 0.1) is 0 Å². The van der Waals surface area contributed by atoms with Gasteiger partial charge in [0.05, 0.1) is 12.0 Å². The number of nitrogens with zero attached hydrogens (tertiary/aromatic N) is 1. The summed E-state index contributed by atoms with van der Waals surface area (Å²) < 4.78 is 27.8. The standard InChI is InChI=1S/C16H29N3O3S/c1-4-5-10-17-16(18-11-8-15-7-6-12-22-15)19-14(2)9-13-23(3,20)21/h6-7,12,14H,4-5,8-11,13H2,1-3H3,(H2,17,18,19). The molecule has 1 heterocycles. The molecule has 6 nitrogen and oxygen atoms in total. The third-order valence-electron chi connectivity index (χ3n) is 3.33. The molecule has 0 saturated carbocycles. The number of aliphatic imine (C=N–C) groups is 1. The van der Waals surface area contributed by atoms with E-state index in [0.717, 1.165) is 37.5 Å². The number of nitrogens with one attached hydrogen (secondary N) is 2. The van der Waals surface area contributed by atoms with Crippen LogP contribution >= 0.6 is 0 Å². The van der Waals surface area contributed by atoms with Gasteiger partial charge in [0.15, 0.2) is 5.96 Å². The van der Waals surface area contributed by atoms with Crippen LogP contribution in [0.3, 0.4) is 0 Å². The smallest absolute Gasteiger partial charge is 0.191 e. The number of hydrogen-bond donors (Lipinski definition) is 2. The highest BCUT2D eigenvalue weighted by atomic mass is 32.2. The van der Waals surface area contributed by atoms with E-state index >= 15 is 0 Å². The van der Waals surface area contributed by atoms with Gasteiger partial charge in [-0.15, -0.1) is 0 Å². The van der Waals surface area contributed by atoms with E-state index in [-0.39, 0.29) is 11.8 Å². The fourth-order valence-corrected chi connectivity index (χ4v) is 2.74. The van der Waals surface area contributed by atoms with Gasteiger partial charge in [0, 0.05) is 31.8 Å². The minimum Gasteiger partial charge on any atom is -0.469 e. The summed E-state index contributed by atoms with van der Waals surface area (Å²) in [6.45, 7) is 5.56. The number of unbranched alkanes of at least 4 members (excludes halogenated alkanes) is 1. The molecule has 23 heavy (non-hydrogen) atoms. The number of guanidine groups is 1. The lowest BCUT2D eigenvalue weighted by Crippen LogP contribution is -2.43. The molecule has 1 rings (SSSR count). The molecule has 2 N–H and O–H groups in total. The van der Waals surface area contributed by atoms with Crippen molar-refractivity contribution < 1.29 is 12.8 Å². The molecule has 0 aliphatic heterocycles. The van der Waals surface area contributed by atoms with Crippen molar-refractivity contribution in [2.24, 2.45) is 4.99 Å². The lowest BCUT2D eigenvalue weighted by atomic mass is 10.2. The molecule has 0 aliphatic rings. The van der Waals surface area contributed by atoms with Gasteiger partial charge in [0.25, 0.3) is 0 Å². The van der Waals surface area contributed by atoms with Crippen LogP contribution in [0.4, 0.5) is 0 Å². The van der Waals surface area contributed by atoms with Gasteiger partial charge in [-0.25, -0.2) is 8.42 Å². The van der Waals surface area contributed by atoms with Crippen LogP contribution < -0.4 is 10.6 Å². The molecular weight excluding hydrogens is 314 g/mol. The van der Waals surface area contributed by atoms with Gasteiger partial charge in [0.2, 0.25) is 0 Å². The highest BCUT2D eigenvalue weighted by molar-refractivity contribution is 7.90. The first-order valence-corrected chi connectivity index (χ1v) is 10.2. The van der Waals surface area contributed by atoms with Crippen molar-refractivity contribution in [1.29, 1.82) is 0 Å². The second-order valence-corrected chi connectivity index (χ2v) is 8.06. The van der Waals surface area contributed by atoms with E-state index in [9.17, 15) is 8.42 Å². The molecule has 0 fully saturated rings.